The highest BCUT2D eigenvalue weighted by molar-refractivity contribution is 6.32. The third kappa shape index (κ3) is 3.95. The molecule has 1 fully saturated rings. The molecule has 22 heavy (non-hydrogen) atoms. The summed E-state index contributed by atoms with van der Waals surface area (Å²) in [6.45, 7) is 2.10. The summed E-state index contributed by atoms with van der Waals surface area (Å²) in [4.78, 5) is 12.0. The van der Waals surface area contributed by atoms with Crippen LogP contribution in [0.1, 0.15) is 19.8 Å². The van der Waals surface area contributed by atoms with E-state index in [1.807, 2.05) is 6.92 Å². The highest BCUT2D eigenvalue weighted by Gasteiger charge is 2.34. The first-order chi connectivity index (χ1) is 10.5. The third-order valence-electron chi connectivity index (χ3n) is 3.47. The third-order valence-corrected chi connectivity index (χ3v) is 3.73. The number of anilines is 2. The minimum Gasteiger partial charge on any atom is -0.483 e. The average molecular weight is 332 g/mol. The Morgan fingerprint density at radius 2 is 2.32 bits per heavy atom. The van der Waals surface area contributed by atoms with Gasteiger partial charge in [-0.3, -0.25) is 0 Å². The van der Waals surface area contributed by atoms with E-state index < -0.39 is 6.17 Å². The van der Waals surface area contributed by atoms with Gasteiger partial charge >= 0.3 is 0 Å². The molecule has 1 saturated carbocycles. The number of aliphatic hydroxyl groups excluding tert-OH is 1. The SMILES string of the molecule is CCOC=Nc1c(Cl)nc(N)nc1N[C@@H]1C[C@H](CO)[C@@H](F)C1. The van der Waals surface area contributed by atoms with E-state index in [-0.39, 0.29) is 41.8 Å². The van der Waals surface area contributed by atoms with Crippen molar-refractivity contribution >= 4 is 35.5 Å². The zero-order chi connectivity index (χ0) is 16.1. The number of hydrogen-bond donors (Lipinski definition) is 3. The number of ether oxygens (including phenoxy) is 1. The molecule has 0 aromatic carbocycles. The molecule has 1 aromatic heterocycles. The van der Waals surface area contributed by atoms with Crippen molar-refractivity contribution in [3.05, 3.63) is 5.15 Å². The lowest BCUT2D eigenvalue weighted by Gasteiger charge is -2.15. The molecule has 0 radical (unpaired) electrons. The van der Waals surface area contributed by atoms with Crippen molar-refractivity contribution in [1.82, 2.24) is 9.97 Å². The molecule has 2 rings (SSSR count). The Morgan fingerprint density at radius 3 is 2.95 bits per heavy atom. The van der Waals surface area contributed by atoms with E-state index in [0.29, 0.717) is 18.8 Å². The summed E-state index contributed by atoms with van der Waals surface area (Å²) in [7, 11) is 0. The molecule has 0 unspecified atom stereocenters. The number of nitrogens with one attached hydrogen (secondary N) is 1. The molecule has 4 N–H and O–H groups in total. The molecule has 1 aliphatic rings. The summed E-state index contributed by atoms with van der Waals surface area (Å²) >= 11 is 6.03. The number of aliphatic hydroxyl groups is 1. The number of nitrogens with two attached hydrogens (primary N) is 1. The van der Waals surface area contributed by atoms with E-state index >= 15 is 0 Å². The van der Waals surface area contributed by atoms with E-state index in [0.717, 1.165) is 0 Å². The first-order valence-electron chi connectivity index (χ1n) is 7.03. The molecule has 0 amide bonds. The van der Waals surface area contributed by atoms with Gasteiger partial charge in [0.1, 0.15) is 11.9 Å². The fraction of sp³-hybridized carbons (Fsp3) is 0.615. The number of aromatic nitrogens is 2. The molecular formula is C13H19ClFN5O2. The zero-order valence-electron chi connectivity index (χ0n) is 12.2. The molecule has 0 aliphatic heterocycles. The van der Waals surface area contributed by atoms with Crippen LogP contribution in [0.25, 0.3) is 0 Å². The van der Waals surface area contributed by atoms with E-state index in [1.165, 1.54) is 6.40 Å². The molecular weight excluding hydrogens is 313 g/mol. The number of nitrogen functional groups attached to an aromatic ring is 1. The van der Waals surface area contributed by atoms with E-state index in [1.54, 1.807) is 0 Å². The number of nitrogens with zero attached hydrogens (tertiary/aromatic N) is 3. The lowest BCUT2D eigenvalue weighted by atomic mass is 10.1. The Hall–Kier alpha value is -1.67. The van der Waals surface area contributed by atoms with Gasteiger partial charge in [0, 0.05) is 18.6 Å². The molecule has 122 valence electrons. The van der Waals surface area contributed by atoms with Gasteiger partial charge in [-0.05, 0) is 19.8 Å². The first-order valence-corrected chi connectivity index (χ1v) is 7.41. The van der Waals surface area contributed by atoms with Crippen molar-refractivity contribution in [3.63, 3.8) is 0 Å². The van der Waals surface area contributed by atoms with Crippen LogP contribution in [-0.2, 0) is 4.74 Å². The van der Waals surface area contributed by atoms with Crippen LogP contribution in [0.5, 0.6) is 0 Å². The van der Waals surface area contributed by atoms with Crippen LogP contribution < -0.4 is 11.1 Å². The largest absolute Gasteiger partial charge is 0.483 e. The Kier molecular flexibility index (Phi) is 5.73. The summed E-state index contributed by atoms with van der Waals surface area (Å²) in [5.74, 6) is -0.0526. The molecule has 1 aliphatic carbocycles. The predicted octanol–water partition coefficient (Wildman–Crippen LogP) is 1.93. The minimum atomic E-state index is -1.05. The van der Waals surface area contributed by atoms with Crippen molar-refractivity contribution in [2.24, 2.45) is 10.9 Å². The Bertz CT molecular complexity index is 545. The zero-order valence-corrected chi connectivity index (χ0v) is 12.9. The van der Waals surface area contributed by atoms with Crippen molar-refractivity contribution in [3.8, 4) is 0 Å². The van der Waals surface area contributed by atoms with Crippen molar-refractivity contribution in [2.45, 2.75) is 32.0 Å². The van der Waals surface area contributed by atoms with Gasteiger partial charge in [-0.2, -0.15) is 9.97 Å². The second-order valence-corrected chi connectivity index (χ2v) is 5.39. The lowest BCUT2D eigenvalue weighted by molar-refractivity contribution is 0.162. The second-order valence-electron chi connectivity index (χ2n) is 5.03. The molecule has 0 saturated heterocycles. The highest BCUT2D eigenvalue weighted by atomic mass is 35.5. The number of alkyl halides is 1. The smallest absolute Gasteiger partial charge is 0.223 e. The summed E-state index contributed by atoms with van der Waals surface area (Å²) in [6, 6.07) is -0.182. The van der Waals surface area contributed by atoms with Gasteiger partial charge < -0.3 is 20.9 Å². The molecule has 0 bridgehead atoms. The van der Waals surface area contributed by atoms with Crippen molar-refractivity contribution in [1.29, 1.82) is 0 Å². The maximum atomic E-state index is 13.7. The van der Waals surface area contributed by atoms with E-state index in [4.69, 9.17) is 27.2 Å². The van der Waals surface area contributed by atoms with Crippen LogP contribution >= 0.6 is 11.6 Å². The molecule has 0 spiro atoms. The first kappa shape index (κ1) is 16.7. The number of aliphatic imine (C=N–C) groups is 1. The predicted molar refractivity (Wildman–Crippen MR) is 83.3 cm³/mol. The van der Waals surface area contributed by atoms with Gasteiger partial charge in [0.05, 0.1) is 6.61 Å². The quantitative estimate of drug-likeness (QED) is 0.418. The summed E-state index contributed by atoms with van der Waals surface area (Å²) in [5, 5.41) is 12.3. The lowest BCUT2D eigenvalue weighted by Crippen LogP contribution is -2.18. The standard InChI is InChI=1S/C13H19ClFN5O2/c1-2-22-6-17-10-11(14)19-13(16)20-12(10)18-8-3-7(5-21)9(15)4-8/h6-9,21H,2-5H2,1H3,(H3,16,18,19,20)/t7-,8-,9+/m1/s1. The molecule has 9 heteroatoms. The van der Waals surface area contributed by atoms with Crippen LogP contribution in [0.15, 0.2) is 4.99 Å². The summed E-state index contributed by atoms with van der Waals surface area (Å²) < 4.78 is 18.8. The molecule has 1 heterocycles. The van der Waals surface area contributed by atoms with Crippen LogP contribution in [-0.4, -0.2) is 46.9 Å². The van der Waals surface area contributed by atoms with Gasteiger partial charge in [-0.25, -0.2) is 9.38 Å². The second kappa shape index (κ2) is 7.55. The van der Waals surface area contributed by atoms with Crippen molar-refractivity contribution < 1.29 is 14.2 Å². The van der Waals surface area contributed by atoms with Gasteiger partial charge in [-0.15, -0.1) is 0 Å². The Balaban J connectivity index is 2.19. The van der Waals surface area contributed by atoms with Gasteiger partial charge in [0.15, 0.2) is 17.4 Å². The van der Waals surface area contributed by atoms with Crippen LogP contribution in [0.2, 0.25) is 5.15 Å². The van der Waals surface area contributed by atoms with E-state index in [9.17, 15) is 4.39 Å². The summed E-state index contributed by atoms with van der Waals surface area (Å²) in [6.07, 6.45) is 0.970. The number of halogens is 2. The van der Waals surface area contributed by atoms with Crippen LogP contribution in [0.3, 0.4) is 0 Å². The summed E-state index contributed by atoms with van der Waals surface area (Å²) in [5.41, 5.74) is 5.88. The molecule has 3 atom stereocenters. The monoisotopic (exact) mass is 331 g/mol. The minimum absolute atomic E-state index is 0.00337. The molecule has 1 aromatic rings. The maximum Gasteiger partial charge on any atom is 0.223 e. The average Bonchev–Trinajstić information content (AvgIpc) is 2.81. The van der Waals surface area contributed by atoms with Crippen LogP contribution in [0, 0.1) is 5.92 Å². The van der Waals surface area contributed by atoms with Crippen LogP contribution in [0.4, 0.5) is 21.8 Å². The van der Waals surface area contributed by atoms with E-state index in [2.05, 4.69) is 20.3 Å². The maximum absolute atomic E-state index is 13.7. The number of rotatable bonds is 6. The Morgan fingerprint density at radius 1 is 1.55 bits per heavy atom. The number of hydrogen-bond acceptors (Lipinski definition) is 7. The van der Waals surface area contributed by atoms with Gasteiger partial charge in [-0.1, -0.05) is 11.6 Å². The fourth-order valence-corrected chi connectivity index (χ4v) is 2.62. The molecule has 7 nitrogen and oxygen atoms in total. The van der Waals surface area contributed by atoms with Crippen molar-refractivity contribution in [2.75, 3.05) is 24.3 Å². The van der Waals surface area contributed by atoms with Gasteiger partial charge in [0.2, 0.25) is 5.95 Å². The normalized spacial score (nSPS) is 24.8. The Labute approximate surface area is 132 Å². The topological polar surface area (TPSA) is 106 Å². The van der Waals surface area contributed by atoms with Gasteiger partial charge in [0.25, 0.3) is 0 Å². The fourth-order valence-electron chi connectivity index (χ4n) is 2.40. The highest BCUT2D eigenvalue weighted by Crippen LogP contribution is 2.35.